The maximum Gasteiger partial charge on any atom is 0.225 e. The molecular formula is C16H20N8. The van der Waals surface area contributed by atoms with Crippen LogP contribution in [-0.4, -0.2) is 55.9 Å². The summed E-state index contributed by atoms with van der Waals surface area (Å²) in [6, 6.07) is 1.92. The van der Waals surface area contributed by atoms with Crippen LogP contribution in [0.15, 0.2) is 18.5 Å². The molecule has 124 valence electrons. The Bertz CT molecular complexity index is 879. The molecule has 0 aromatic carbocycles. The molecule has 4 heterocycles. The molecule has 4 rings (SSSR count). The van der Waals surface area contributed by atoms with Crippen molar-refractivity contribution in [3.8, 4) is 0 Å². The Morgan fingerprint density at radius 1 is 0.958 bits per heavy atom. The minimum absolute atomic E-state index is 0.769. The molecule has 3 aromatic heterocycles. The standard InChI is InChI=1S/C16H20N8/c1-11-4-5-17-16(19-11)24-8-6-23(7-9-24)15-13-10-18-22(3)14(13)20-12(2)21-15/h4-5,10H,6-9H2,1-3H3. The molecule has 0 radical (unpaired) electrons. The Balaban J connectivity index is 1.58. The molecule has 1 aliphatic rings. The lowest BCUT2D eigenvalue weighted by Crippen LogP contribution is -2.47. The highest BCUT2D eigenvalue weighted by molar-refractivity contribution is 5.87. The zero-order valence-corrected chi connectivity index (χ0v) is 14.1. The summed E-state index contributed by atoms with van der Waals surface area (Å²) in [5.74, 6) is 2.54. The predicted molar refractivity (Wildman–Crippen MR) is 92.2 cm³/mol. The maximum absolute atomic E-state index is 4.66. The lowest BCUT2D eigenvalue weighted by molar-refractivity contribution is 0.634. The summed E-state index contributed by atoms with van der Waals surface area (Å²) in [6.45, 7) is 7.40. The minimum atomic E-state index is 0.769. The van der Waals surface area contributed by atoms with E-state index in [1.807, 2.05) is 39.4 Å². The second-order valence-corrected chi connectivity index (χ2v) is 6.07. The fraction of sp³-hybridized carbons (Fsp3) is 0.438. The molecule has 1 saturated heterocycles. The number of hydrogen-bond donors (Lipinski definition) is 0. The SMILES string of the molecule is Cc1ccnc(N2CCN(c3nc(C)nc4c3cnn4C)CC2)n1. The number of nitrogens with zero attached hydrogens (tertiary/aromatic N) is 8. The lowest BCUT2D eigenvalue weighted by Gasteiger charge is -2.35. The number of aromatic nitrogens is 6. The summed E-state index contributed by atoms with van der Waals surface area (Å²) < 4.78 is 1.80. The van der Waals surface area contributed by atoms with Gasteiger partial charge in [0.2, 0.25) is 5.95 Å². The van der Waals surface area contributed by atoms with Crippen LogP contribution in [0.4, 0.5) is 11.8 Å². The summed E-state index contributed by atoms with van der Waals surface area (Å²) in [5.41, 5.74) is 1.87. The van der Waals surface area contributed by atoms with E-state index in [1.165, 1.54) is 0 Å². The van der Waals surface area contributed by atoms with Crippen molar-refractivity contribution in [1.29, 1.82) is 0 Å². The summed E-state index contributed by atoms with van der Waals surface area (Å²) >= 11 is 0. The molecule has 0 saturated carbocycles. The first kappa shape index (κ1) is 14.8. The number of rotatable bonds is 2. The Labute approximate surface area is 140 Å². The van der Waals surface area contributed by atoms with E-state index in [1.54, 1.807) is 4.68 Å². The normalized spacial score (nSPS) is 15.3. The van der Waals surface area contributed by atoms with E-state index in [0.717, 1.165) is 60.5 Å². The van der Waals surface area contributed by atoms with E-state index in [2.05, 4.69) is 34.8 Å². The molecule has 8 nitrogen and oxygen atoms in total. The van der Waals surface area contributed by atoms with Crippen molar-refractivity contribution < 1.29 is 0 Å². The fourth-order valence-electron chi connectivity index (χ4n) is 3.06. The second kappa shape index (κ2) is 5.70. The molecule has 8 heteroatoms. The molecule has 0 unspecified atom stereocenters. The van der Waals surface area contributed by atoms with Crippen LogP contribution in [-0.2, 0) is 7.05 Å². The van der Waals surface area contributed by atoms with Crippen LogP contribution in [0.3, 0.4) is 0 Å². The highest BCUT2D eigenvalue weighted by atomic mass is 15.3. The van der Waals surface area contributed by atoms with E-state index < -0.39 is 0 Å². The van der Waals surface area contributed by atoms with Crippen LogP contribution in [0.2, 0.25) is 0 Å². The minimum Gasteiger partial charge on any atom is -0.352 e. The van der Waals surface area contributed by atoms with E-state index in [0.29, 0.717) is 0 Å². The van der Waals surface area contributed by atoms with Gasteiger partial charge in [0.25, 0.3) is 0 Å². The van der Waals surface area contributed by atoms with Crippen molar-refractivity contribution >= 4 is 22.8 Å². The monoisotopic (exact) mass is 324 g/mol. The van der Waals surface area contributed by atoms with Crippen molar-refractivity contribution in [2.24, 2.45) is 7.05 Å². The third-order valence-corrected chi connectivity index (χ3v) is 4.33. The second-order valence-electron chi connectivity index (χ2n) is 6.07. The molecule has 0 atom stereocenters. The summed E-state index contributed by atoms with van der Waals surface area (Å²) in [6.07, 6.45) is 3.66. The molecule has 0 spiro atoms. The van der Waals surface area contributed by atoms with Gasteiger partial charge >= 0.3 is 0 Å². The fourth-order valence-corrected chi connectivity index (χ4v) is 3.06. The average Bonchev–Trinajstić information content (AvgIpc) is 2.95. The van der Waals surface area contributed by atoms with Gasteiger partial charge in [0.15, 0.2) is 5.65 Å². The van der Waals surface area contributed by atoms with Crippen LogP contribution in [0.1, 0.15) is 11.5 Å². The van der Waals surface area contributed by atoms with Gasteiger partial charge in [-0.05, 0) is 19.9 Å². The smallest absolute Gasteiger partial charge is 0.225 e. The molecule has 1 fully saturated rings. The molecular weight excluding hydrogens is 304 g/mol. The van der Waals surface area contributed by atoms with E-state index in [9.17, 15) is 0 Å². The van der Waals surface area contributed by atoms with Gasteiger partial charge in [-0.1, -0.05) is 0 Å². The molecule has 1 aliphatic heterocycles. The first-order valence-corrected chi connectivity index (χ1v) is 8.08. The number of hydrogen-bond acceptors (Lipinski definition) is 7. The van der Waals surface area contributed by atoms with Gasteiger partial charge in [-0.2, -0.15) is 5.10 Å². The first-order chi connectivity index (χ1) is 11.6. The van der Waals surface area contributed by atoms with Gasteiger partial charge in [-0.3, -0.25) is 4.68 Å². The topological polar surface area (TPSA) is 75.9 Å². The van der Waals surface area contributed by atoms with Crippen molar-refractivity contribution in [3.63, 3.8) is 0 Å². The Morgan fingerprint density at radius 2 is 1.71 bits per heavy atom. The summed E-state index contributed by atoms with van der Waals surface area (Å²) in [5, 5.41) is 5.32. The Morgan fingerprint density at radius 3 is 2.46 bits per heavy atom. The Kier molecular flexibility index (Phi) is 3.51. The lowest BCUT2D eigenvalue weighted by atomic mass is 10.3. The van der Waals surface area contributed by atoms with Crippen molar-refractivity contribution in [3.05, 3.63) is 30.0 Å². The van der Waals surface area contributed by atoms with E-state index in [4.69, 9.17) is 0 Å². The van der Waals surface area contributed by atoms with Crippen molar-refractivity contribution in [2.45, 2.75) is 13.8 Å². The van der Waals surface area contributed by atoms with E-state index in [-0.39, 0.29) is 0 Å². The van der Waals surface area contributed by atoms with Gasteiger partial charge in [0, 0.05) is 45.1 Å². The zero-order chi connectivity index (χ0) is 16.7. The van der Waals surface area contributed by atoms with Gasteiger partial charge in [0.1, 0.15) is 11.6 Å². The van der Waals surface area contributed by atoms with Crippen molar-refractivity contribution in [2.75, 3.05) is 36.0 Å². The molecule has 3 aromatic rings. The van der Waals surface area contributed by atoms with Gasteiger partial charge < -0.3 is 9.80 Å². The van der Waals surface area contributed by atoms with Crippen LogP contribution in [0.5, 0.6) is 0 Å². The first-order valence-electron chi connectivity index (χ1n) is 8.08. The third-order valence-electron chi connectivity index (χ3n) is 4.33. The number of anilines is 2. The zero-order valence-electron chi connectivity index (χ0n) is 14.1. The molecule has 0 aliphatic carbocycles. The number of fused-ring (bicyclic) bond motifs is 1. The molecule has 24 heavy (non-hydrogen) atoms. The largest absolute Gasteiger partial charge is 0.352 e. The predicted octanol–water partition coefficient (Wildman–Crippen LogP) is 1.10. The highest BCUT2D eigenvalue weighted by Crippen LogP contribution is 2.25. The molecule has 0 N–H and O–H groups in total. The highest BCUT2D eigenvalue weighted by Gasteiger charge is 2.23. The molecule has 0 amide bonds. The van der Waals surface area contributed by atoms with Crippen LogP contribution in [0, 0.1) is 13.8 Å². The van der Waals surface area contributed by atoms with E-state index >= 15 is 0 Å². The summed E-state index contributed by atoms with van der Waals surface area (Å²) in [4.78, 5) is 22.6. The van der Waals surface area contributed by atoms with Crippen LogP contribution >= 0.6 is 0 Å². The number of aryl methyl sites for hydroxylation is 3. The van der Waals surface area contributed by atoms with Crippen molar-refractivity contribution in [1.82, 2.24) is 29.7 Å². The summed E-state index contributed by atoms with van der Waals surface area (Å²) in [7, 11) is 1.91. The van der Waals surface area contributed by atoms with Gasteiger partial charge in [-0.15, -0.1) is 0 Å². The molecule has 0 bridgehead atoms. The number of piperazine rings is 1. The Hall–Kier alpha value is -2.77. The van der Waals surface area contributed by atoms with Gasteiger partial charge in [-0.25, -0.2) is 19.9 Å². The van der Waals surface area contributed by atoms with Crippen LogP contribution < -0.4 is 9.80 Å². The maximum atomic E-state index is 4.66. The van der Waals surface area contributed by atoms with Gasteiger partial charge in [0.05, 0.1) is 11.6 Å². The average molecular weight is 324 g/mol. The van der Waals surface area contributed by atoms with Crippen LogP contribution in [0.25, 0.3) is 11.0 Å². The quantitative estimate of drug-likeness (QED) is 0.698. The third kappa shape index (κ3) is 2.53.